The maximum atomic E-state index is 12.1. The summed E-state index contributed by atoms with van der Waals surface area (Å²) >= 11 is 1.27. The molecular weight excluding hydrogens is 320 g/mol. The van der Waals surface area contributed by atoms with Gasteiger partial charge in [0.05, 0.1) is 0 Å². The van der Waals surface area contributed by atoms with Gasteiger partial charge in [0.2, 0.25) is 10.0 Å². The van der Waals surface area contributed by atoms with Crippen molar-refractivity contribution in [1.82, 2.24) is 9.62 Å². The number of nitrogens with one attached hydrogen (secondary N) is 1. The Morgan fingerprint density at radius 3 is 2.59 bits per heavy atom. The molecular formula is C15H24N2O3S2. The van der Waals surface area contributed by atoms with E-state index >= 15 is 0 Å². The Labute approximate surface area is 136 Å². The van der Waals surface area contributed by atoms with Crippen LogP contribution in [0.25, 0.3) is 0 Å². The molecule has 2 aliphatic rings. The van der Waals surface area contributed by atoms with E-state index in [0.29, 0.717) is 22.7 Å². The van der Waals surface area contributed by atoms with Gasteiger partial charge in [-0.1, -0.05) is 6.07 Å². The molecule has 1 N–H and O–H groups in total. The van der Waals surface area contributed by atoms with Gasteiger partial charge in [-0.3, -0.25) is 0 Å². The minimum Gasteiger partial charge on any atom is -0.381 e. The van der Waals surface area contributed by atoms with Crippen LogP contribution in [0.1, 0.15) is 25.7 Å². The molecule has 2 saturated heterocycles. The number of likely N-dealkylation sites (tertiary alicyclic amines) is 1. The average molecular weight is 345 g/mol. The zero-order valence-corrected chi connectivity index (χ0v) is 14.4. The third kappa shape index (κ3) is 4.08. The first kappa shape index (κ1) is 16.4. The van der Waals surface area contributed by atoms with Crippen LogP contribution in [-0.2, 0) is 14.8 Å². The van der Waals surface area contributed by atoms with E-state index in [-0.39, 0.29) is 0 Å². The second kappa shape index (κ2) is 7.40. The molecule has 22 heavy (non-hydrogen) atoms. The summed E-state index contributed by atoms with van der Waals surface area (Å²) in [6.45, 7) is 4.48. The van der Waals surface area contributed by atoms with Crippen LogP contribution in [0.15, 0.2) is 21.7 Å². The van der Waals surface area contributed by atoms with E-state index in [2.05, 4.69) is 9.62 Å². The molecule has 0 saturated carbocycles. The molecule has 1 aromatic heterocycles. The van der Waals surface area contributed by atoms with Crippen LogP contribution in [0.2, 0.25) is 0 Å². The Kier molecular flexibility index (Phi) is 5.51. The fourth-order valence-corrected chi connectivity index (χ4v) is 5.44. The summed E-state index contributed by atoms with van der Waals surface area (Å²) in [5.41, 5.74) is 0. The van der Waals surface area contributed by atoms with Crippen molar-refractivity contribution in [2.45, 2.75) is 35.9 Å². The number of ether oxygens (including phenoxy) is 1. The molecule has 2 fully saturated rings. The van der Waals surface area contributed by atoms with Crippen LogP contribution >= 0.6 is 11.3 Å². The van der Waals surface area contributed by atoms with E-state index in [0.717, 1.165) is 52.0 Å². The first-order valence-corrected chi connectivity index (χ1v) is 10.4. The van der Waals surface area contributed by atoms with Crippen molar-refractivity contribution in [3.63, 3.8) is 0 Å². The molecule has 0 spiro atoms. The summed E-state index contributed by atoms with van der Waals surface area (Å²) in [6.07, 6.45) is 4.42. The van der Waals surface area contributed by atoms with Gasteiger partial charge in [-0.25, -0.2) is 13.1 Å². The van der Waals surface area contributed by atoms with Crippen LogP contribution in [0.5, 0.6) is 0 Å². The lowest BCUT2D eigenvalue weighted by Gasteiger charge is -2.39. The predicted octanol–water partition coefficient (Wildman–Crippen LogP) is 1.92. The van der Waals surface area contributed by atoms with Crippen molar-refractivity contribution in [1.29, 1.82) is 0 Å². The number of hydrogen-bond donors (Lipinski definition) is 1. The molecule has 0 radical (unpaired) electrons. The van der Waals surface area contributed by atoms with Crippen molar-refractivity contribution in [3.05, 3.63) is 17.5 Å². The third-order valence-electron chi connectivity index (χ3n) is 4.68. The first-order chi connectivity index (χ1) is 10.6. The van der Waals surface area contributed by atoms with Crippen LogP contribution in [0.4, 0.5) is 0 Å². The van der Waals surface area contributed by atoms with E-state index in [9.17, 15) is 8.42 Å². The van der Waals surface area contributed by atoms with E-state index < -0.39 is 10.0 Å². The van der Waals surface area contributed by atoms with Crippen molar-refractivity contribution in [2.75, 3.05) is 32.8 Å². The second-order valence-corrected chi connectivity index (χ2v) is 9.05. The smallest absolute Gasteiger partial charge is 0.250 e. The highest BCUT2D eigenvalue weighted by molar-refractivity contribution is 7.91. The topological polar surface area (TPSA) is 58.6 Å². The van der Waals surface area contributed by atoms with Gasteiger partial charge < -0.3 is 9.64 Å². The summed E-state index contributed by atoms with van der Waals surface area (Å²) < 4.78 is 32.8. The molecule has 7 heteroatoms. The van der Waals surface area contributed by atoms with Crippen molar-refractivity contribution >= 4 is 21.4 Å². The predicted molar refractivity (Wildman–Crippen MR) is 87.6 cm³/mol. The summed E-state index contributed by atoms with van der Waals surface area (Å²) in [6, 6.07) is 4.09. The highest BCUT2D eigenvalue weighted by Crippen LogP contribution is 2.23. The van der Waals surface area contributed by atoms with Gasteiger partial charge in [0, 0.05) is 25.8 Å². The van der Waals surface area contributed by atoms with Gasteiger partial charge in [-0.05, 0) is 56.1 Å². The minimum atomic E-state index is -3.31. The van der Waals surface area contributed by atoms with Crippen LogP contribution in [-0.4, -0.2) is 52.2 Å². The Bertz CT molecular complexity index is 545. The highest BCUT2D eigenvalue weighted by atomic mass is 32.2. The second-order valence-electron chi connectivity index (χ2n) is 6.11. The van der Waals surface area contributed by atoms with Crippen LogP contribution in [0.3, 0.4) is 0 Å². The molecule has 3 heterocycles. The van der Waals surface area contributed by atoms with E-state index in [4.69, 9.17) is 4.74 Å². The standard InChI is InChI=1S/C15H24N2O3S2/c18-22(19,15-2-1-11-21-15)16-12-13-3-7-17(8-4-13)14-5-9-20-10-6-14/h1-2,11,13-14,16H,3-10,12H2. The summed E-state index contributed by atoms with van der Waals surface area (Å²) in [7, 11) is -3.31. The molecule has 0 aromatic carbocycles. The SMILES string of the molecule is O=S(=O)(NCC1CCN(C2CCOCC2)CC1)c1cccs1. The monoisotopic (exact) mass is 344 g/mol. The van der Waals surface area contributed by atoms with Gasteiger partial charge in [0.15, 0.2) is 0 Å². The van der Waals surface area contributed by atoms with Gasteiger partial charge in [0.25, 0.3) is 0 Å². The lowest BCUT2D eigenvalue weighted by molar-refractivity contribution is 0.0214. The van der Waals surface area contributed by atoms with E-state index in [1.54, 1.807) is 17.5 Å². The number of rotatable bonds is 5. The Balaban J connectivity index is 1.44. The van der Waals surface area contributed by atoms with E-state index in [1.165, 1.54) is 11.3 Å². The number of thiophene rings is 1. The Morgan fingerprint density at radius 2 is 1.95 bits per heavy atom. The van der Waals surface area contributed by atoms with E-state index in [1.807, 2.05) is 0 Å². The van der Waals surface area contributed by atoms with Gasteiger partial charge >= 0.3 is 0 Å². The normalized spacial score (nSPS) is 22.9. The zero-order valence-electron chi connectivity index (χ0n) is 12.7. The number of hydrogen-bond acceptors (Lipinski definition) is 5. The van der Waals surface area contributed by atoms with Crippen molar-refractivity contribution in [3.8, 4) is 0 Å². The third-order valence-corrected chi connectivity index (χ3v) is 7.50. The lowest BCUT2D eigenvalue weighted by Crippen LogP contribution is -2.45. The van der Waals surface area contributed by atoms with Crippen LogP contribution in [0, 0.1) is 5.92 Å². The Hall–Kier alpha value is -0.470. The zero-order chi connectivity index (χ0) is 15.4. The van der Waals surface area contributed by atoms with Gasteiger partial charge in [-0.15, -0.1) is 11.3 Å². The van der Waals surface area contributed by atoms with Crippen molar-refractivity contribution in [2.24, 2.45) is 5.92 Å². The molecule has 0 unspecified atom stereocenters. The summed E-state index contributed by atoms with van der Waals surface area (Å²) in [5, 5.41) is 1.79. The number of piperidine rings is 1. The fraction of sp³-hybridized carbons (Fsp3) is 0.733. The molecule has 2 aliphatic heterocycles. The summed E-state index contributed by atoms with van der Waals surface area (Å²) in [5.74, 6) is 0.450. The van der Waals surface area contributed by atoms with Crippen molar-refractivity contribution < 1.29 is 13.2 Å². The molecule has 0 amide bonds. The molecule has 124 valence electrons. The quantitative estimate of drug-likeness (QED) is 0.886. The molecule has 1 aromatic rings. The number of nitrogens with zero attached hydrogens (tertiary/aromatic N) is 1. The molecule has 3 rings (SSSR count). The average Bonchev–Trinajstić information content (AvgIpc) is 3.10. The van der Waals surface area contributed by atoms with Crippen LogP contribution < -0.4 is 4.72 Å². The molecule has 0 bridgehead atoms. The first-order valence-electron chi connectivity index (χ1n) is 8.00. The highest BCUT2D eigenvalue weighted by Gasteiger charge is 2.27. The van der Waals surface area contributed by atoms with Gasteiger partial charge in [0.1, 0.15) is 4.21 Å². The molecule has 5 nitrogen and oxygen atoms in total. The number of sulfonamides is 1. The van der Waals surface area contributed by atoms with Gasteiger partial charge in [-0.2, -0.15) is 0 Å². The largest absolute Gasteiger partial charge is 0.381 e. The molecule has 0 aliphatic carbocycles. The minimum absolute atomic E-state index is 0.409. The maximum absolute atomic E-state index is 12.1. The lowest BCUT2D eigenvalue weighted by atomic mass is 9.94. The fourth-order valence-electron chi connectivity index (χ4n) is 3.29. The summed E-state index contributed by atoms with van der Waals surface area (Å²) in [4.78, 5) is 2.56. The maximum Gasteiger partial charge on any atom is 0.250 e. The Morgan fingerprint density at radius 1 is 1.23 bits per heavy atom. The molecule has 0 atom stereocenters.